The first-order valence-corrected chi connectivity index (χ1v) is 9.17. The zero-order chi connectivity index (χ0) is 16.3. The van der Waals surface area contributed by atoms with Crippen LogP contribution in [-0.4, -0.2) is 31.2 Å². The number of nitrogens with zero attached hydrogens (tertiary/aromatic N) is 1. The molecule has 1 aromatic carbocycles. The molecule has 22 heavy (non-hydrogen) atoms. The van der Waals surface area contributed by atoms with Gasteiger partial charge in [0.15, 0.2) is 0 Å². The van der Waals surface area contributed by atoms with Crippen LogP contribution in [0.25, 0.3) is 0 Å². The molecule has 126 valence electrons. The smallest absolute Gasteiger partial charge is 0.119 e. The number of quaternary nitrogens is 1. The third kappa shape index (κ3) is 6.39. The maximum absolute atomic E-state index is 5.41. The molecular weight excluding hydrogens is 270 g/mol. The Morgan fingerprint density at radius 1 is 0.864 bits per heavy atom. The van der Waals surface area contributed by atoms with Gasteiger partial charge in [0.1, 0.15) is 12.3 Å². The van der Waals surface area contributed by atoms with Gasteiger partial charge in [-0.25, -0.2) is 0 Å². The van der Waals surface area contributed by atoms with Crippen LogP contribution in [0.3, 0.4) is 0 Å². The zero-order valence-corrected chi connectivity index (χ0v) is 15.2. The topological polar surface area (TPSA) is 9.23 Å². The molecule has 0 radical (unpaired) electrons. The highest BCUT2D eigenvalue weighted by Gasteiger charge is 2.26. The van der Waals surface area contributed by atoms with Gasteiger partial charge in [-0.2, -0.15) is 0 Å². The van der Waals surface area contributed by atoms with Crippen LogP contribution in [0.4, 0.5) is 0 Å². The maximum Gasteiger partial charge on any atom is 0.119 e. The second-order valence-electron chi connectivity index (χ2n) is 6.58. The first-order chi connectivity index (χ1) is 10.7. The van der Waals surface area contributed by atoms with Crippen LogP contribution in [0.2, 0.25) is 0 Å². The molecule has 1 rings (SSSR count). The van der Waals surface area contributed by atoms with Gasteiger partial charge in [-0.05, 0) is 31.4 Å². The van der Waals surface area contributed by atoms with Crippen molar-refractivity contribution in [1.82, 2.24) is 0 Å². The van der Waals surface area contributed by atoms with Crippen molar-refractivity contribution in [3.05, 3.63) is 29.8 Å². The third-order valence-electron chi connectivity index (χ3n) is 4.61. The van der Waals surface area contributed by atoms with E-state index < -0.39 is 0 Å². The summed E-state index contributed by atoms with van der Waals surface area (Å²) in [7, 11) is 1.76. The summed E-state index contributed by atoms with van der Waals surface area (Å²) in [6.07, 6.45) is 7.86. The summed E-state index contributed by atoms with van der Waals surface area (Å²) in [5.74, 6) is 0.983. The molecule has 0 N–H and O–H groups in total. The lowest BCUT2D eigenvalue weighted by Gasteiger charge is -2.39. The largest absolute Gasteiger partial charge is 0.497 e. The molecule has 0 atom stereocenters. The monoisotopic (exact) mass is 306 g/mol. The Hall–Kier alpha value is -1.02. The van der Waals surface area contributed by atoms with E-state index in [1.54, 1.807) is 7.11 Å². The van der Waals surface area contributed by atoms with Crippen molar-refractivity contribution in [2.45, 2.75) is 65.8 Å². The lowest BCUT2D eigenvalue weighted by Crippen LogP contribution is -2.49. The van der Waals surface area contributed by atoms with Gasteiger partial charge in [0.2, 0.25) is 0 Å². The van der Waals surface area contributed by atoms with E-state index >= 15 is 0 Å². The van der Waals surface area contributed by atoms with Gasteiger partial charge in [0.05, 0.1) is 26.7 Å². The van der Waals surface area contributed by atoms with Crippen LogP contribution in [0.5, 0.6) is 5.75 Å². The molecule has 0 aliphatic heterocycles. The first kappa shape index (κ1) is 19.0. The Morgan fingerprint density at radius 3 is 1.86 bits per heavy atom. The Bertz CT molecular complexity index is 381. The molecule has 0 saturated carbocycles. The first-order valence-electron chi connectivity index (χ1n) is 9.17. The van der Waals surface area contributed by atoms with Crippen LogP contribution < -0.4 is 4.74 Å². The second-order valence-corrected chi connectivity index (χ2v) is 6.58. The number of hydrogen-bond donors (Lipinski definition) is 0. The van der Waals surface area contributed by atoms with Crippen molar-refractivity contribution in [2.24, 2.45) is 0 Å². The Morgan fingerprint density at radius 2 is 1.41 bits per heavy atom. The minimum Gasteiger partial charge on any atom is -0.497 e. The van der Waals surface area contributed by atoms with Gasteiger partial charge in [0.25, 0.3) is 0 Å². The highest BCUT2D eigenvalue weighted by Crippen LogP contribution is 2.22. The molecule has 0 fully saturated rings. The summed E-state index contributed by atoms with van der Waals surface area (Å²) >= 11 is 0. The molecular formula is C20H36NO+. The maximum atomic E-state index is 5.41. The molecule has 2 heteroatoms. The van der Waals surface area contributed by atoms with Gasteiger partial charge in [-0.1, -0.05) is 52.2 Å². The fourth-order valence-electron chi connectivity index (χ4n) is 3.21. The van der Waals surface area contributed by atoms with Crippen LogP contribution in [0.15, 0.2) is 24.3 Å². The second kappa shape index (κ2) is 10.7. The zero-order valence-electron chi connectivity index (χ0n) is 15.2. The van der Waals surface area contributed by atoms with E-state index in [2.05, 4.69) is 39.0 Å². The molecule has 0 bridgehead atoms. The molecule has 0 unspecified atom stereocenters. The molecule has 0 spiro atoms. The number of hydrogen-bond acceptors (Lipinski definition) is 1. The SMILES string of the molecule is CCCC[N+](CCCC)(CCCC)Cc1cccc(OC)c1. The highest BCUT2D eigenvalue weighted by atomic mass is 16.5. The predicted octanol–water partition coefficient (Wildman–Crippen LogP) is 5.41. The lowest BCUT2D eigenvalue weighted by molar-refractivity contribution is -0.941. The van der Waals surface area contributed by atoms with Gasteiger partial charge in [-0.3, -0.25) is 0 Å². The molecule has 2 nitrogen and oxygen atoms in total. The summed E-state index contributed by atoms with van der Waals surface area (Å²) in [5, 5.41) is 0. The number of unbranched alkanes of at least 4 members (excludes halogenated alkanes) is 3. The fraction of sp³-hybridized carbons (Fsp3) is 0.700. The normalized spacial score (nSPS) is 11.6. The van der Waals surface area contributed by atoms with Crippen molar-refractivity contribution in [1.29, 1.82) is 0 Å². The van der Waals surface area contributed by atoms with Crippen molar-refractivity contribution < 1.29 is 9.22 Å². The van der Waals surface area contributed by atoms with Gasteiger partial charge < -0.3 is 9.22 Å². The van der Waals surface area contributed by atoms with E-state index in [0.29, 0.717) is 0 Å². The molecule has 0 aromatic heterocycles. The van der Waals surface area contributed by atoms with Crippen molar-refractivity contribution in [3.8, 4) is 5.75 Å². The Kier molecular flexibility index (Phi) is 9.22. The van der Waals surface area contributed by atoms with E-state index in [4.69, 9.17) is 4.74 Å². The van der Waals surface area contributed by atoms with Crippen LogP contribution in [-0.2, 0) is 6.54 Å². The lowest BCUT2D eigenvalue weighted by atomic mass is 10.1. The Labute approximate surface area is 138 Å². The summed E-state index contributed by atoms with van der Waals surface area (Å²) < 4.78 is 6.66. The van der Waals surface area contributed by atoms with Gasteiger partial charge in [-0.15, -0.1) is 0 Å². The van der Waals surface area contributed by atoms with E-state index in [1.165, 1.54) is 68.2 Å². The summed E-state index contributed by atoms with van der Waals surface area (Å²) in [6.45, 7) is 12.0. The molecule has 0 saturated heterocycles. The van der Waals surface area contributed by atoms with E-state index in [9.17, 15) is 0 Å². The van der Waals surface area contributed by atoms with Crippen molar-refractivity contribution >= 4 is 0 Å². The van der Waals surface area contributed by atoms with Crippen LogP contribution in [0.1, 0.15) is 64.9 Å². The average Bonchev–Trinajstić information content (AvgIpc) is 2.56. The van der Waals surface area contributed by atoms with Crippen molar-refractivity contribution in [3.63, 3.8) is 0 Å². The van der Waals surface area contributed by atoms with Crippen molar-refractivity contribution in [2.75, 3.05) is 26.7 Å². The third-order valence-corrected chi connectivity index (χ3v) is 4.61. The summed E-state index contributed by atoms with van der Waals surface area (Å²) in [4.78, 5) is 0. The van der Waals surface area contributed by atoms with Gasteiger partial charge >= 0.3 is 0 Å². The molecule has 0 heterocycles. The summed E-state index contributed by atoms with van der Waals surface area (Å²) in [6, 6.07) is 8.65. The quantitative estimate of drug-likeness (QED) is 0.469. The van der Waals surface area contributed by atoms with E-state index in [-0.39, 0.29) is 0 Å². The summed E-state index contributed by atoms with van der Waals surface area (Å²) in [5.41, 5.74) is 1.42. The predicted molar refractivity (Wildman–Crippen MR) is 96.3 cm³/mol. The fourth-order valence-corrected chi connectivity index (χ4v) is 3.21. The minimum absolute atomic E-state index is 0.983. The number of rotatable bonds is 12. The number of ether oxygens (including phenoxy) is 1. The van der Waals surface area contributed by atoms with E-state index in [0.717, 1.165) is 12.3 Å². The Balaban J connectivity index is 2.92. The molecule has 0 amide bonds. The van der Waals surface area contributed by atoms with Crippen LogP contribution in [0, 0.1) is 0 Å². The molecule has 0 aliphatic carbocycles. The molecule has 0 aliphatic rings. The number of benzene rings is 1. The minimum atomic E-state index is 0.983. The molecule has 1 aromatic rings. The van der Waals surface area contributed by atoms with Crippen LogP contribution >= 0.6 is 0 Å². The highest BCUT2D eigenvalue weighted by molar-refractivity contribution is 5.27. The standard InChI is InChI=1S/C20H36NO/c1-5-8-14-21(15-9-6-2,16-10-7-3)18-19-12-11-13-20(17-19)22-4/h11-13,17H,5-10,14-16,18H2,1-4H3/q+1. The average molecular weight is 307 g/mol. The number of methoxy groups -OCH3 is 1. The van der Waals surface area contributed by atoms with Gasteiger partial charge in [0, 0.05) is 5.56 Å². The van der Waals surface area contributed by atoms with E-state index in [1.807, 2.05) is 6.07 Å².